The monoisotopic (exact) mass is 378 g/mol. The number of hydrogen-bond acceptors (Lipinski definition) is 3. The molecule has 0 aliphatic carbocycles. The lowest BCUT2D eigenvalue weighted by atomic mass is 10.2. The first kappa shape index (κ1) is 17.3. The van der Waals surface area contributed by atoms with Crippen LogP contribution in [0.5, 0.6) is 0 Å². The molecule has 0 saturated heterocycles. The van der Waals surface area contributed by atoms with E-state index in [1.54, 1.807) is 24.3 Å². The molecule has 5 nitrogen and oxygen atoms in total. The van der Waals surface area contributed by atoms with E-state index in [1.807, 2.05) is 42.5 Å². The second-order valence-corrected chi connectivity index (χ2v) is 8.17. The summed E-state index contributed by atoms with van der Waals surface area (Å²) in [5.41, 5.74) is 2.67. The van der Waals surface area contributed by atoms with Crippen LogP contribution in [-0.2, 0) is 16.4 Å². The molecule has 3 aromatic rings. The zero-order chi connectivity index (χ0) is 18.9. The van der Waals surface area contributed by atoms with E-state index in [9.17, 15) is 13.2 Å². The van der Waals surface area contributed by atoms with Crippen molar-refractivity contribution in [3.05, 3.63) is 90.0 Å². The van der Waals surface area contributed by atoms with Gasteiger partial charge >= 0.3 is 0 Å². The second-order valence-electron chi connectivity index (χ2n) is 6.30. The predicted octanol–water partition coefficient (Wildman–Crippen LogP) is 3.69. The maximum Gasteiger partial charge on any atom is 0.264 e. The number of nitrogens with zero attached hydrogens (tertiary/aromatic N) is 1. The van der Waals surface area contributed by atoms with Gasteiger partial charge in [-0.25, -0.2) is 8.42 Å². The van der Waals surface area contributed by atoms with Gasteiger partial charge in [0.15, 0.2) is 0 Å². The molecule has 0 fully saturated rings. The van der Waals surface area contributed by atoms with Crippen molar-refractivity contribution in [2.75, 3.05) is 16.2 Å². The molecule has 0 saturated carbocycles. The van der Waals surface area contributed by atoms with Crippen LogP contribution in [0.2, 0.25) is 0 Å². The molecular weight excluding hydrogens is 360 g/mol. The fourth-order valence-corrected chi connectivity index (χ4v) is 4.76. The zero-order valence-electron chi connectivity index (χ0n) is 14.5. The largest absolute Gasteiger partial charge is 0.322 e. The summed E-state index contributed by atoms with van der Waals surface area (Å²) in [6.07, 6.45) is 0.684. The van der Waals surface area contributed by atoms with Gasteiger partial charge in [0.2, 0.25) is 0 Å². The van der Waals surface area contributed by atoms with E-state index in [4.69, 9.17) is 0 Å². The van der Waals surface area contributed by atoms with Crippen molar-refractivity contribution < 1.29 is 13.2 Å². The fourth-order valence-electron chi connectivity index (χ4n) is 3.21. The maximum atomic E-state index is 13.1. The van der Waals surface area contributed by atoms with Crippen LogP contribution >= 0.6 is 0 Å². The highest BCUT2D eigenvalue weighted by atomic mass is 32.2. The average molecular weight is 378 g/mol. The molecule has 136 valence electrons. The highest BCUT2D eigenvalue weighted by Crippen LogP contribution is 2.32. The van der Waals surface area contributed by atoms with Crippen molar-refractivity contribution in [2.24, 2.45) is 0 Å². The molecule has 0 unspecified atom stereocenters. The van der Waals surface area contributed by atoms with E-state index in [0.29, 0.717) is 29.9 Å². The third kappa shape index (κ3) is 3.31. The Balaban J connectivity index is 1.63. The van der Waals surface area contributed by atoms with E-state index in [0.717, 1.165) is 5.56 Å². The molecule has 0 atom stereocenters. The van der Waals surface area contributed by atoms with Crippen LogP contribution in [0.1, 0.15) is 15.9 Å². The van der Waals surface area contributed by atoms with Gasteiger partial charge in [-0.2, -0.15) is 0 Å². The summed E-state index contributed by atoms with van der Waals surface area (Å²) in [6.45, 7) is 0.405. The first-order valence-electron chi connectivity index (χ1n) is 8.63. The number of carbonyl (C=O) groups is 1. The number of anilines is 2. The lowest BCUT2D eigenvalue weighted by molar-refractivity contribution is 0.102. The molecule has 27 heavy (non-hydrogen) atoms. The van der Waals surface area contributed by atoms with Gasteiger partial charge < -0.3 is 5.32 Å². The molecule has 1 aliphatic rings. The number of para-hydroxylation sites is 2. The second kappa shape index (κ2) is 6.89. The summed E-state index contributed by atoms with van der Waals surface area (Å²) in [7, 11) is -3.73. The van der Waals surface area contributed by atoms with Gasteiger partial charge in [0.25, 0.3) is 15.9 Å². The van der Waals surface area contributed by atoms with E-state index in [-0.39, 0.29) is 10.8 Å². The van der Waals surface area contributed by atoms with Crippen molar-refractivity contribution >= 4 is 27.3 Å². The minimum atomic E-state index is -3.73. The summed E-state index contributed by atoms with van der Waals surface area (Å²) in [6, 6.07) is 22.7. The van der Waals surface area contributed by atoms with Gasteiger partial charge in [0.1, 0.15) is 0 Å². The number of hydrogen-bond donors (Lipinski definition) is 1. The van der Waals surface area contributed by atoms with E-state index >= 15 is 0 Å². The molecule has 0 spiro atoms. The number of rotatable bonds is 4. The number of sulfonamides is 1. The molecule has 0 radical (unpaired) electrons. The summed E-state index contributed by atoms with van der Waals surface area (Å²) >= 11 is 0. The first-order valence-corrected chi connectivity index (χ1v) is 10.1. The highest BCUT2D eigenvalue weighted by Gasteiger charge is 2.30. The molecule has 0 bridgehead atoms. The van der Waals surface area contributed by atoms with Gasteiger partial charge in [-0.15, -0.1) is 0 Å². The van der Waals surface area contributed by atoms with Crippen molar-refractivity contribution in [3.63, 3.8) is 0 Å². The Morgan fingerprint density at radius 2 is 1.63 bits per heavy atom. The molecule has 1 aliphatic heterocycles. The van der Waals surface area contributed by atoms with Crippen LogP contribution in [-0.4, -0.2) is 20.9 Å². The minimum absolute atomic E-state index is 0.111. The maximum absolute atomic E-state index is 13.1. The predicted molar refractivity (Wildman–Crippen MR) is 106 cm³/mol. The van der Waals surface area contributed by atoms with Crippen LogP contribution in [0.25, 0.3) is 0 Å². The third-order valence-electron chi connectivity index (χ3n) is 4.56. The Hall–Kier alpha value is -3.12. The van der Waals surface area contributed by atoms with Gasteiger partial charge in [-0.1, -0.05) is 42.5 Å². The lowest BCUT2D eigenvalue weighted by Gasteiger charge is -2.20. The Morgan fingerprint density at radius 1 is 0.889 bits per heavy atom. The van der Waals surface area contributed by atoms with Crippen LogP contribution in [0, 0.1) is 0 Å². The number of fused-ring (bicyclic) bond motifs is 1. The van der Waals surface area contributed by atoms with Crippen molar-refractivity contribution in [2.45, 2.75) is 11.3 Å². The molecule has 1 amide bonds. The Kier molecular flexibility index (Phi) is 4.41. The lowest BCUT2D eigenvalue weighted by Crippen LogP contribution is -2.29. The summed E-state index contributed by atoms with van der Waals surface area (Å²) < 4.78 is 27.7. The quantitative estimate of drug-likeness (QED) is 0.753. The topological polar surface area (TPSA) is 66.5 Å². The standard InChI is InChI=1S/C21H18N2O3S/c24-21(22-18-9-2-1-3-10-18)17-8-6-11-19(15-17)27(25,26)23-14-13-16-7-4-5-12-20(16)23/h1-12,15H,13-14H2,(H,22,24). The van der Waals surface area contributed by atoms with Gasteiger partial charge in [-0.3, -0.25) is 9.10 Å². The third-order valence-corrected chi connectivity index (χ3v) is 6.37. The number of amides is 1. The molecule has 4 rings (SSSR count). The number of benzene rings is 3. The zero-order valence-corrected chi connectivity index (χ0v) is 15.3. The minimum Gasteiger partial charge on any atom is -0.322 e. The Labute approximate surface area is 158 Å². The Morgan fingerprint density at radius 3 is 2.44 bits per heavy atom. The van der Waals surface area contributed by atoms with Gasteiger partial charge in [0.05, 0.1) is 10.6 Å². The molecular formula is C21H18N2O3S. The van der Waals surface area contributed by atoms with E-state index < -0.39 is 10.0 Å². The number of nitrogens with one attached hydrogen (secondary N) is 1. The van der Waals surface area contributed by atoms with Crippen molar-refractivity contribution in [3.8, 4) is 0 Å². The summed E-state index contributed by atoms with van der Waals surface area (Å²) in [5, 5.41) is 2.77. The normalized spacial score (nSPS) is 13.3. The van der Waals surface area contributed by atoms with E-state index in [1.165, 1.54) is 16.4 Å². The molecule has 3 aromatic carbocycles. The van der Waals surface area contributed by atoms with Crippen molar-refractivity contribution in [1.82, 2.24) is 0 Å². The SMILES string of the molecule is O=C(Nc1ccccc1)c1cccc(S(=O)(=O)N2CCc3ccccc32)c1. The van der Waals surface area contributed by atoms with E-state index in [2.05, 4.69) is 5.32 Å². The Bertz CT molecular complexity index is 1100. The molecule has 1 heterocycles. The first-order chi connectivity index (χ1) is 13.1. The van der Waals surface area contributed by atoms with Gasteiger partial charge in [0, 0.05) is 17.8 Å². The molecule has 6 heteroatoms. The highest BCUT2D eigenvalue weighted by molar-refractivity contribution is 7.92. The fraction of sp³-hybridized carbons (Fsp3) is 0.0952. The average Bonchev–Trinajstić information content (AvgIpc) is 3.14. The van der Waals surface area contributed by atoms with Crippen LogP contribution < -0.4 is 9.62 Å². The molecule has 0 aromatic heterocycles. The number of carbonyl (C=O) groups excluding carboxylic acids is 1. The molecule has 1 N–H and O–H groups in total. The van der Waals surface area contributed by atoms with Crippen LogP contribution in [0.4, 0.5) is 11.4 Å². The van der Waals surface area contributed by atoms with Crippen molar-refractivity contribution in [1.29, 1.82) is 0 Å². The van der Waals surface area contributed by atoms with Gasteiger partial charge in [-0.05, 0) is 48.4 Å². The van der Waals surface area contributed by atoms with Crippen LogP contribution in [0.15, 0.2) is 83.8 Å². The summed E-state index contributed by atoms with van der Waals surface area (Å²) in [4.78, 5) is 12.6. The van der Waals surface area contributed by atoms with Crippen LogP contribution in [0.3, 0.4) is 0 Å². The smallest absolute Gasteiger partial charge is 0.264 e. The summed E-state index contributed by atoms with van der Waals surface area (Å²) in [5.74, 6) is -0.347.